The summed E-state index contributed by atoms with van der Waals surface area (Å²) in [6, 6.07) is 7.33. The first kappa shape index (κ1) is 15.5. The summed E-state index contributed by atoms with van der Waals surface area (Å²) < 4.78 is 10.4. The van der Waals surface area contributed by atoms with E-state index in [1.54, 1.807) is 13.2 Å². The van der Waals surface area contributed by atoms with Gasteiger partial charge in [-0.15, -0.1) is 0 Å². The molecule has 5 nitrogen and oxygen atoms in total. The van der Waals surface area contributed by atoms with Gasteiger partial charge in [0, 0.05) is 31.3 Å². The third-order valence-corrected chi connectivity index (χ3v) is 2.50. The Morgan fingerprint density at radius 2 is 2.21 bits per heavy atom. The summed E-state index contributed by atoms with van der Waals surface area (Å²) in [6.45, 7) is 2.90. The summed E-state index contributed by atoms with van der Waals surface area (Å²) in [5, 5.41) is 2.82. The number of benzene rings is 1. The van der Waals surface area contributed by atoms with E-state index >= 15 is 0 Å². The summed E-state index contributed by atoms with van der Waals surface area (Å²) in [5.74, 6) is 0.674. The molecule has 0 aliphatic rings. The molecule has 19 heavy (non-hydrogen) atoms. The first-order chi connectivity index (χ1) is 9.11. The molecule has 0 aromatic heterocycles. The largest absolute Gasteiger partial charge is 0.491 e. The van der Waals surface area contributed by atoms with Crippen molar-refractivity contribution >= 4 is 11.6 Å². The SMILES string of the molecule is COCCOc1cccc(NC(=O)CCC(C)N)c1. The molecule has 3 N–H and O–H groups in total. The number of rotatable bonds is 8. The number of carbonyl (C=O) groups excluding carboxylic acids is 1. The van der Waals surface area contributed by atoms with Gasteiger partial charge in [0.2, 0.25) is 5.91 Å². The van der Waals surface area contributed by atoms with Crippen LogP contribution in [0.1, 0.15) is 19.8 Å². The summed E-state index contributed by atoms with van der Waals surface area (Å²) >= 11 is 0. The Balaban J connectivity index is 2.45. The molecule has 5 heteroatoms. The predicted molar refractivity (Wildman–Crippen MR) is 75.3 cm³/mol. The highest BCUT2D eigenvalue weighted by molar-refractivity contribution is 5.90. The van der Waals surface area contributed by atoms with E-state index in [9.17, 15) is 4.79 Å². The van der Waals surface area contributed by atoms with Crippen molar-refractivity contribution in [3.8, 4) is 5.75 Å². The van der Waals surface area contributed by atoms with Crippen molar-refractivity contribution in [3.63, 3.8) is 0 Å². The first-order valence-electron chi connectivity index (χ1n) is 6.39. The van der Waals surface area contributed by atoms with Crippen LogP contribution in [0.15, 0.2) is 24.3 Å². The number of nitrogens with two attached hydrogens (primary N) is 1. The minimum atomic E-state index is -0.0358. The number of nitrogens with one attached hydrogen (secondary N) is 1. The summed E-state index contributed by atoms with van der Waals surface area (Å²) in [4.78, 5) is 11.7. The molecular formula is C14H22N2O3. The van der Waals surface area contributed by atoms with Crippen LogP contribution in [0.25, 0.3) is 0 Å². The van der Waals surface area contributed by atoms with Crippen LogP contribution in [0.3, 0.4) is 0 Å². The molecule has 0 spiro atoms. The van der Waals surface area contributed by atoms with Crippen LogP contribution >= 0.6 is 0 Å². The Labute approximate surface area is 114 Å². The lowest BCUT2D eigenvalue weighted by Gasteiger charge is -2.09. The second-order valence-corrected chi connectivity index (χ2v) is 4.43. The van der Waals surface area contributed by atoms with E-state index in [0.29, 0.717) is 31.8 Å². The Kier molecular flexibility index (Phi) is 6.92. The van der Waals surface area contributed by atoms with E-state index in [1.165, 1.54) is 0 Å². The van der Waals surface area contributed by atoms with Crippen molar-refractivity contribution in [2.45, 2.75) is 25.8 Å². The van der Waals surface area contributed by atoms with Gasteiger partial charge >= 0.3 is 0 Å². The van der Waals surface area contributed by atoms with E-state index in [4.69, 9.17) is 15.2 Å². The molecule has 1 aromatic carbocycles. The Bertz CT molecular complexity index is 394. The third-order valence-electron chi connectivity index (χ3n) is 2.50. The van der Waals surface area contributed by atoms with Crippen LogP contribution in [-0.2, 0) is 9.53 Å². The minimum Gasteiger partial charge on any atom is -0.491 e. The topological polar surface area (TPSA) is 73.6 Å². The second kappa shape index (κ2) is 8.50. The average molecular weight is 266 g/mol. The standard InChI is InChI=1S/C14H22N2O3/c1-11(15)6-7-14(17)16-12-4-3-5-13(10-12)19-9-8-18-2/h3-5,10-11H,6-9,15H2,1-2H3,(H,16,17). The van der Waals surface area contributed by atoms with Gasteiger partial charge in [-0.1, -0.05) is 6.07 Å². The smallest absolute Gasteiger partial charge is 0.224 e. The number of methoxy groups -OCH3 is 1. The van der Waals surface area contributed by atoms with Crippen molar-refractivity contribution in [3.05, 3.63) is 24.3 Å². The molecule has 0 saturated heterocycles. The molecule has 0 saturated carbocycles. The highest BCUT2D eigenvalue weighted by Gasteiger charge is 2.05. The molecule has 0 heterocycles. The normalized spacial score (nSPS) is 11.9. The molecule has 0 fully saturated rings. The van der Waals surface area contributed by atoms with Crippen LogP contribution in [0.4, 0.5) is 5.69 Å². The molecule has 106 valence electrons. The van der Waals surface area contributed by atoms with E-state index in [2.05, 4.69) is 5.32 Å². The lowest BCUT2D eigenvalue weighted by molar-refractivity contribution is -0.116. The van der Waals surface area contributed by atoms with Gasteiger partial charge in [-0.25, -0.2) is 0 Å². The maximum atomic E-state index is 11.7. The monoisotopic (exact) mass is 266 g/mol. The van der Waals surface area contributed by atoms with Crippen LogP contribution in [0, 0.1) is 0 Å². The van der Waals surface area contributed by atoms with Crippen LogP contribution in [0.2, 0.25) is 0 Å². The van der Waals surface area contributed by atoms with Gasteiger partial charge in [0.05, 0.1) is 6.61 Å². The molecule has 0 aliphatic carbocycles. The molecule has 0 radical (unpaired) electrons. The van der Waals surface area contributed by atoms with Crippen molar-refractivity contribution in [1.82, 2.24) is 0 Å². The highest BCUT2D eigenvalue weighted by atomic mass is 16.5. The van der Waals surface area contributed by atoms with Gasteiger partial charge in [-0.05, 0) is 25.5 Å². The maximum Gasteiger partial charge on any atom is 0.224 e. The Morgan fingerprint density at radius 1 is 1.42 bits per heavy atom. The zero-order valence-corrected chi connectivity index (χ0v) is 11.5. The zero-order valence-electron chi connectivity index (χ0n) is 11.5. The zero-order chi connectivity index (χ0) is 14.1. The summed E-state index contributed by atoms with van der Waals surface area (Å²) in [6.07, 6.45) is 1.10. The van der Waals surface area contributed by atoms with Crippen molar-refractivity contribution in [2.75, 3.05) is 25.6 Å². The molecule has 1 unspecified atom stereocenters. The molecule has 1 aromatic rings. The van der Waals surface area contributed by atoms with Gasteiger partial charge < -0.3 is 20.5 Å². The fraction of sp³-hybridized carbons (Fsp3) is 0.500. The van der Waals surface area contributed by atoms with Gasteiger partial charge in [0.15, 0.2) is 0 Å². The number of amides is 1. The average Bonchev–Trinajstić information content (AvgIpc) is 2.37. The highest BCUT2D eigenvalue weighted by Crippen LogP contribution is 2.17. The molecule has 1 rings (SSSR count). The van der Waals surface area contributed by atoms with Gasteiger partial charge in [0.1, 0.15) is 12.4 Å². The Hall–Kier alpha value is -1.59. The lowest BCUT2D eigenvalue weighted by atomic mass is 10.2. The number of carbonyl (C=O) groups is 1. The Morgan fingerprint density at radius 3 is 2.89 bits per heavy atom. The fourth-order valence-corrected chi connectivity index (χ4v) is 1.49. The minimum absolute atomic E-state index is 0.0358. The number of ether oxygens (including phenoxy) is 2. The molecule has 1 atom stereocenters. The summed E-state index contributed by atoms with van der Waals surface area (Å²) in [5.41, 5.74) is 6.34. The van der Waals surface area contributed by atoms with E-state index in [-0.39, 0.29) is 11.9 Å². The van der Waals surface area contributed by atoms with Crippen LogP contribution in [0.5, 0.6) is 5.75 Å². The van der Waals surface area contributed by atoms with E-state index in [0.717, 1.165) is 5.69 Å². The number of anilines is 1. The van der Waals surface area contributed by atoms with Crippen molar-refractivity contribution in [1.29, 1.82) is 0 Å². The number of hydrogen-bond acceptors (Lipinski definition) is 4. The molecule has 1 amide bonds. The first-order valence-corrected chi connectivity index (χ1v) is 6.39. The predicted octanol–water partition coefficient (Wildman–Crippen LogP) is 1.78. The fourth-order valence-electron chi connectivity index (χ4n) is 1.49. The van der Waals surface area contributed by atoms with Gasteiger partial charge in [0.25, 0.3) is 0 Å². The number of hydrogen-bond donors (Lipinski definition) is 2. The van der Waals surface area contributed by atoms with Gasteiger partial charge in [-0.3, -0.25) is 4.79 Å². The third kappa shape index (κ3) is 6.79. The maximum absolute atomic E-state index is 11.7. The van der Waals surface area contributed by atoms with Gasteiger partial charge in [-0.2, -0.15) is 0 Å². The molecule has 0 bridgehead atoms. The van der Waals surface area contributed by atoms with E-state index in [1.807, 2.05) is 25.1 Å². The second-order valence-electron chi connectivity index (χ2n) is 4.43. The van der Waals surface area contributed by atoms with E-state index < -0.39 is 0 Å². The molecular weight excluding hydrogens is 244 g/mol. The van der Waals surface area contributed by atoms with Crippen molar-refractivity contribution in [2.24, 2.45) is 5.73 Å². The lowest BCUT2D eigenvalue weighted by Crippen LogP contribution is -2.19. The van der Waals surface area contributed by atoms with Crippen LogP contribution in [-0.4, -0.2) is 32.3 Å². The summed E-state index contributed by atoms with van der Waals surface area (Å²) in [7, 11) is 1.62. The van der Waals surface area contributed by atoms with Crippen LogP contribution < -0.4 is 15.8 Å². The molecule has 0 aliphatic heterocycles. The van der Waals surface area contributed by atoms with Crippen molar-refractivity contribution < 1.29 is 14.3 Å². The quantitative estimate of drug-likeness (QED) is 0.703.